The molecular formula is C21H41IN8S. The highest BCUT2D eigenvalue weighted by Crippen LogP contribution is 2.19. The Morgan fingerprint density at radius 1 is 1.03 bits per heavy atom. The summed E-state index contributed by atoms with van der Waals surface area (Å²) in [6, 6.07) is 0. The number of guanidine groups is 1. The molecule has 0 aromatic carbocycles. The molecule has 2 aliphatic heterocycles. The van der Waals surface area contributed by atoms with Crippen molar-refractivity contribution in [3.05, 3.63) is 5.82 Å². The Hall–Kier alpha value is -0.720. The fourth-order valence-electron chi connectivity index (χ4n) is 4.08. The standard InChI is InChI=1S/C21H40N8S.HI/c1-5-19-24-21(30-25-19)29-14-12-28(13-15-29)20(22-6-2)23-16-18(4)17-27-10-8-26(7-3)9-11-27;/h18H,5-17H2,1-4H3,(H,22,23);1H. The largest absolute Gasteiger partial charge is 0.357 e. The fraction of sp³-hybridized carbons (Fsp3) is 0.857. The van der Waals surface area contributed by atoms with Crippen molar-refractivity contribution in [2.24, 2.45) is 10.9 Å². The van der Waals surface area contributed by atoms with Gasteiger partial charge in [0.1, 0.15) is 5.82 Å². The first-order chi connectivity index (χ1) is 14.6. The summed E-state index contributed by atoms with van der Waals surface area (Å²) in [5.41, 5.74) is 0. The second-order valence-corrected chi connectivity index (χ2v) is 9.09. The summed E-state index contributed by atoms with van der Waals surface area (Å²) in [6.07, 6.45) is 0.903. The van der Waals surface area contributed by atoms with Crippen LogP contribution in [-0.2, 0) is 6.42 Å². The number of anilines is 1. The van der Waals surface area contributed by atoms with Gasteiger partial charge in [-0.25, -0.2) is 4.98 Å². The number of aryl methyl sites for hydroxylation is 1. The fourth-order valence-corrected chi connectivity index (χ4v) is 4.88. The van der Waals surface area contributed by atoms with Gasteiger partial charge in [0.2, 0.25) is 5.13 Å². The van der Waals surface area contributed by atoms with E-state index in [0.717, 1.165) is 69.1 Å². The van der Waals surface area contributed by atoms with Gasteiger partial charge in [0.25, 0.3) is 0 Å². The first-order valence-electron chi connectivity index (χ1n) is 11.7. The number of likely N-dealkylation sites (N-methyl/N-ethyl adjacent to an activating group) is 1. The molecule has 8 nitrogen and oxygen atoms in total. The van der Waals surface area contributed by atoms with E-state index in [2.05, 4.69) is 62.0 Å². The van der Waals surface area contributed by atoms with Crippen LogP contribution in [0.2, 0.25) is 0 Å². The molecule has 1 unspecified atom stereocenters. The highest BCUT2D eigenvalue weighted by Gasteiger charge is 2.22. The SMILES string of the molecule is CCNC(=NCC(C)CN1CCN(CC)CC1)N1CCN(c2nc(CC)ns2)CC1.I. The summed E-state index contributed by atoms with van der Waals surface area (Å²) in [7, 11) is 0. The molecule has 2 saturated heterocycles. The van der Waals surface area contributed by atoms with Crippen LogP contribution < -0.4 is 10.2 Å². The molecule has 3 heterocycles. The van der Waals surface area contributed by atoms with E-state index in [1.807, 2.05) is 0 Å². The van der Waals surface area contributed by atoms with Crippen LogP contribution in [0.3, 0.4) is 0 Å². The second-order valence-electron chi connectivity index (χ2n) is 8.36. The average Bonchev–Trinajstić information content (AvgIpc) is 3.27. The summed E-state index contributed by atoms with van der Waals surface area (Å²) in [5.74, 6) is 2.59. The van der Waals surface area contributed by atoms with Gasteiger partial charge in [0.05, 0.1) is 0 Å². The third kappa shape index (κ3) is 7.97. The number of halogens is 1. The lowest BCUT2D eigenvalue weighted by atomic mass is 10.1. The molecular weight excluding hydrogens is 523 g/mol. The van der Waals surface area contributed by atoms with Crippen molar-refractivity contribution in [3.63, 3.8) is 0 Å². The summed E-state index contributed by atoms with van der Waals surface area (Å²) in [6.45, 7) is 21.6. The highest BCUT2D eigenvalue weighted by atomic mass is 127. The molecule has 0 amide bonds. The van der Waals surface area contributed by atoms with Gasteiger partial charge in [-0.15, -0.1) is 24.0 Å². The Kier molecular flexibility index (Phi) is 11.8. The minimum absolute atomic E-state index is 0. The molecule has 31 heavy (non-hydrogen) atoms. The van der Waals surface area contributed by atoms with Crippen molar-refractivity contribution in [3.8, 4) is 0 Å². The number of hydrogen-bond donors (Lipinski definition) is 1. The highest BCUT2D eigenvalue weighted by molar-refractivity contribution is 14.0. The molecule has 0 aliphatic carbocycles. The van der Waals surface area contributed by atoms with E-state index in [0.29, 0.717) is 5.92 Å². The third-order valence-corrected chi connectivity index (χ3v) is 6.81. The van der Waals surface area contributed by atoms with Gasteiger partial charge in [0.15, 0.2) is 5.96 Å². The minimum Gasteiger partial charge on any atom is -0.357 e. The Bertz CT molecular complexity index is 654. The van der Waals surface area contributed by atoms with E-state index < -0.39 is 0 Å². The summed E-state index contributed by atoms with van der Waals surface area (Å²) < 4.78 is 4.43. The molecule has 0 radical (unpaired) electrons. The third-order valence-electron chi connectivity index (χ3n) is 5.99. The lowest BCUT2D eigenvalue weighted by Crippen LogP contribution is -2.52. The van der Waals surface area contributed by atoms with Crippen LogP contribution in [0.5, 0.6) is 0 Å². The molecule has 1 N–H and O–H groups in total. The van der Waals surface area contributed by atoms with Crippen LogP contribution in [0.15, 0.2) is 4.99 Å². The van der Waals surface area contributed by atoms with E-state index in [4.69, 9.17) is 4.99 Å². The van der Waals surface area contributed by atoms with Crippen molar-refractivity contribution in [2.75, 3.05) is 83.4 Å². The van der Waals surface area contributed by atoms with E-state index in [1.54, 1.807) is 0 Å². The van der Waals surface area contributed by atoms with E-state index in [9.17, 15) is 0 Å². The number of hydrogen-bond acceptors (Lipinski definition) is 7. The molecule has 1 aromatic heterocycles. The van der Waals surface area contributed by atoms with Crippen LogP contribution in [0, 0.1) is 5.92 Å². The molecule has 1 atom stereocenters. The quantitative estimate of drug-likeness (QED) is 0.295. The number of aromatic nitrogens is 2. The Balaban J connectivity index is 0.00000341. The van der Waals surface area contributed by atoms with E-state index in [-0.39, 0.29) is 24.0 Å². The van der Waals surface area contributed by atoms with Crippen LogP contribution in [0.25, 0.3) is 0 Å². The number of nitrogens with zero attached hydrogens (tertiary/aromatic N) is 7. The second kappa shape index (κ2) is 13.7. The predicted molar refractivity (Wildman–Crippen MR) is 142 cm³/mol. The minimum atomic E-state index is 0. The first-order valence-corrected chi connectivity index (χ1v) is 12.5. The smallest absolute Gasteiger partial charge is 0.205 e. The number of rotatable bonds is 8. The van der Waals surface area contributed by atoms with Crippen LogP contribution in [0.1, 0.15) is 33.5 Å². The predicted octanol–water partition coefficient (Wildman–Crippen LogP) is 2.08. The Labute approximate surface area is 209 Å². The summed E-state index contributed by atoms with van der Waals surface area (Å²) in [4.78, 5) is 19.5. The topological polar surface area (TPSA) is 63.1 Å². The molecule has 1 aromatic rings. The van der Waals surface area contributed by atoms with Crippen molar-refractivity contribution in [1.29, 1.82) is 0 Å². The summed E-state index contributed by atoms with van der Waals surface area (Å²) >= 11 is 1.53. The van der Waals surface area contributed by atoms with Gasteiger partial charge in [-0.1, -0.05) is 20.8 Å². The lowest BCUT2D eigenvalue weighted by Gasteiger charge is -2.36. The molecule has 0 spiro atoms. The average molecular weight is 565 g/mol. The molecule has 2 aliphatic rings. The molecule has 178 valence electrons. The van der Waals surface area contributed by atoms with Crippen molar-refractivity contribution in [1.82, 2.24) is 29.4 Å². The Morgan fingerprint density at radius 2 is 1.71 bits per heavy atom. The maximum atomic E-state index is 5.00. The molecule has 0 bridgehead atoms. The van der Waals surface area contributed by atoms with Gasteiger partial charge in [0, 0.05) is 89.9 Å². The van der Waals surface area contributed by atoms with Crippen LogP contribution in [0.4, 0.5) is 5.13 Å². The van der Waals surface area contributed by atoms with Gasteiger partial charge in [-0.3, -0.25) is 4.99 Å². The first kappa shape index (κ1) is 26.5. The lowest BCUT2D eigenvalue weighted by molar-refractivity contribution is 0.125. The molecule has 10 heteroatoms. The zero-order chi connectivity index (χ0) is 21.3. The van der Waals surface area contributed by atoms with Gasteiger partial charge in [-0.2, -0.15) is 4.37 Å². The molecule has 3 rings (SSSR count). The van der Waals surface area contributed by atoms with E-state index >= 15 is 0 Å². The van der Waals surface area contributed by atoms with Gasteiger partial charge < -0.3 is 24.9 Å². The zero-order valence-electron chi connectivity index (χ0n) is 19.7. The molecule has 2 fully saturated rings. The number of nitrogens with one attached hydrogen (secondary N) is 1. The van der Waals surface area contributed by atoms with Crippen molar-refractivity contribution < 1.29 is 0 Å². The van der Waals surface area contributed by atoms with E-state index in [1.165, 1.54) is 44.3 Å². The van der Waals surface area contributed by atoms with Crippen molar-refractivity contribution >= 4 is 46.6 Å². The molecule has 0 saturated carbocycles. The van der Waals surface area contributed by atoms with Crippen LogP contribution >= 0.6 is 35.5 Å². The Morgan fingerprint density at radius 3 is 2.29 bits per heavy atom. The van der Waals surface area contributed by atoms with Gasteiger partial charge >= 0.3 is 0 Å². The van der Waals surface area contributed by atoms with Crippen molar-refractivity contribution in [2.45, 2.75) is 34.1 Å². The summed E-state index contributed by atoms with van der Waals surface area (Å²) in [5, 5.41) is 4.56. The maximum Gasteiger partial charge on any atom is 0.205 e. The maximum absolute atomic E-state index is 5.00. The van der Waals surface area contributed by atoms with Gasteiger partial charge in [-0.05, 0) is 19.4 Å². The monoisotopic (exact) mass is 564 g/mol. The number of aliphatic imine (C=N–C) groups is 1. The van der Waals surface area contributed by atoms with Crippen LogP contribution in [-0.4, -0.2) is 109 Å². The normalized spacial score (nSPS) is 19.9. The zero-order valence-corrected chi connectivity index (χ0v) is 22.9. The number of piperazine rings is 2.